The molecule has 0 radical (unpaired) electrons. The van der Waals surface area contributed by atoms with Gasteiger partial charge < -0.3 is 10.2 Å². The molecule has 2 aromatic rings. The van der Waals surface area contributed by atoms with E-state index in [1.54, 1.807) is 6.08 Å². The molecular weight excluding hydrogens is 372 g/mol. The summed E-state index contributed by atoms with van der Waals surface area (Å²) in [6.45, 7) is 2.24. The van der Waals surface area contributed by atoms with E-state index in [1.165, 1.54) is 50.2 Å². The highest BCUT2D eigenvalue weighted by Crippen LogP contribution is 2.38. The monoisotopic (exact) mass is 404 g/mol. The van der Waals surface area contributed by atoms with Gasteiger partial charge in [-0.2, -0.15) is 0 Å². The van der Waals surface area contributed by atoms with Crippen LogP contribution in [0.2, 0.25) is 0 Å². The first-order valence-corrected chi connectivity index (χ1v) is 11.1. The van der Waals surface area contributed by atoms with Gasteiger partial charge in [-0.1, -0.05) is 99.7 Å². The average molecular weight is 405 g/mol. The third-order valence-corrected chi connectivity index (χ3v) is 5.87. The number of carboxylic acid groups (broad SMARTS) is 1. The van der Waals surface area contributed by atoms with Crippen molar-refractivity contribution in [3.8, 4) is 0 Å². The van der Waals surface area contributed by atoms with Crippen LogP contribution in [0.3, 0.4) is 0 Å². The molecule has 2 aromatic carbocycles. The van der Waals surface area contributed by atoms with Gasteiger partial charge in [-0.15, -0.1) is 0 Å². The molecule has 0 aliphatic heterocycles. The predicted octanol–water partition coefficient (Wildman–Crippen LogP) is 6.28. The van der Waals surface area contributed by atoms with E-state index >= 15 is 0 Å². The second-order valence-electron chi connectivity index (χ2n) is 8.21. The van der Waals surface area contributed by atoms with Crippen LogP contribution < -0.4 is 0 Å². The van der Waals surface area contributed by atoms with Crippen molar-refractivity contribution in [3.05, 3.63) is 83.4 Å². The number of hydrogen-bond donors (Lipinski definition) is 2. The summed E-state index contributed by atoms with van der Waals surface area (Å²) in [6.07, 6.45) is 11.9. The zero-order chi connectivity index (χ0) is 21.4. The fourth-order valence-corrected chi connectivity index (χ4v) is 4.02. The Morgan fingerprint density at radius 1 is 0.900 bits per heavy atom. The minimum absolute atomic E-state index is 0.0554. The quantitative estimate of drug-likeness (QED) is 0.458. The van der Waals surface area contributed by atoms with E-state index in [1.807, 2.05) is 30.3 Å². The molecule has 2 N–H and O–H groups in total. The molecule has 1 atom stereocenters. The Hall–Kier alpha value is -2.65. The molecule has 0 saturated heterocycles. The number of carbonyl (C=O) groups is 1. The standard InChI is InChI=1S/C27H32O3/c1-2-3-4-5-6-8-11-21-14-16-23(17-15-21)25-20-27(30,26(28)29)19-18-24(25)22-12-9-7-10-13-22/h7,9-10,12-19,30H,2-6,8,11,20H2,1H3,(H,28,29). The fourth-order valence-electron chi connectivity index (χ4n) is 4.02. The number of aryl methyl sites for hydroxylation is 1. The van der Waals surface area contributed by atoms with Crippen molar-refractivity contribution in [2.75, 3.05) is 0 Å². The molecule has 1 unspecified atom stereocenters. The lowest BCUT2D eigenvalue weighted by Gasteiger charge is -2.27. The lowest BCUT2D eigenvalue weighted by atomic mass is 9.80. The summed E-state index contributed by atoms with van der Waals surface area (Å²) in [5.74, 6) is -1.22. The maximum atomic E-state index is 11.6. The first kappa shape index (κ1) is 22.0. The largest absolute Gasteiger partial charge is 0.479 e. The molecule has 0 saturated carbocycles. The Bertz CT molecular complexity index is 893. The Labute approximate surface area is 179 Å². The number of benzene rings is 2. The second kappa shape index (κ2) is 10.4. The van der Waals surface area contributed by atoms with Gasteiger partial charge >= 0.3 is 5.97 Å². The maximum absolute atomic E-state index is 11.6. The molecular formula is C27H32O3. The molecule has 0 amide bonds. The van der Waals surface area contributed by atoms with Crippen LogP contribution in [0.1, 0.15) is 68.6 Å². The summed E-state index contributed by atoms with van der Waals surface area (Å²) in [6, 6.07) is 18.3. The van der Waals surface area contributed by atoms with Crippen molar-refractivity contribution in [2.45, 2.75) is 63.9 Å². The number of allylic oxidation sites excluding steroid dienone is 2. The van der Waals surface area contributed by atoms with E-state index in [0.717, 1.165) is 28.7 Å². The molecule has 3 nitrogen and oxygen atoms in total. The van der Waals surface area contributed by atoms with Crippen molar-refractivity contribution in [3.63, 3.8) is 0 Å². The van der Waals surface area contributed by atoms with E-state index in [0.29, 0.717) is 0 Å². The smallest absolute Gasteiger partial charge is 0.340 e. The van der Waals surface area contributed by atoms with Crippen molar-refractivity contribution in [1.29, 1.82) is 0 Å². The van der Waals surface area contributed by atoms with Gasteiger partial charge in [0.2, 0.25) is 0 Å². The van der Waals surface area contributed by atoms with E-state index in [4.69, 9.17) is 0 Å². The summed E-state index contributed by atoms with van der Waals surface area (Å²) in [4.78, 5) is 11.6. The molecule has 0 fully saturated rings. The Balaban J connectivity index is 1.78. The van der Waals surface area contributed by atoms with Crippen LogP contribution in [0.5, 0.6) is 0 Å². The van der Waals surface area contributed by atoms with E-state index in [2.05, 4.69) is 31.2 Å². The third-order valence-electron chi connectivity index (χ3n) is 5.87. The molecule has 3 heteroatoms. The number of rotatable bonds is 10. The molecule has 0 bridgehead atoms. The molecule has 30 heavy (non-hydrogen) atoms. The molecule has 1 aliphatic rings. The summed E-state index contributed by atoms with van der Waals surface area (Å²) in [5.41, 5.74) is 3.24. The summed E-state index contributed by atoms with van der Waals surface area (Å²) in [7, 11) is 0. The topological polar surface area (TPSA) is 57.5 Å². The highest BCUT2D eigenvalue weighted by molar-refractivity contribution is 6.00. The number of aliphatic hydroxyl groups is 1. The van der Waals surface area contributed by atoms with Gasteiger partial charge in [-0.05, 0) is 46.8 Å². The summed E-state index contributed by atoms with van der Waals surface area (Å²) >= 11 is 0. The first-order chi connectivity index (χ1) is 14.5. The molecule has 3 rings (SSSR count). The van der Waals surface area contributed by atoms with Crippen molar-refractivity contribution in [1.82, 2.24) is 0 Å². The summed E-state index contributed by atoms with van der Waals surface area (Å²) < 4.78 is 0. The van der Waals surface area contributed by atoms with Crippen LogP contribution >= 0.6 is 0 Å². The zero-order valence-electron chi connectivity index (χ0n) is 17.8. The molecule has 0 heterocycles. The Kier molecular flexibility index (Phi) is 7.64. The Morgan fingerprint density at radius 2 is 1.57 bits per heavy atom. The van der Waals surface area contributed by atoms with Crippen molar-refractivity contribution in [2.24, 2.45) is 0 Å². The zero-order valence-corrected chi connectivity index (χ0v) is 17.8. The minimum atomic E-state index is -1.87. The maximum Gasteiger partial charge on any atom is 0.340 e. The van der Waals surface area contributed by atoms with Crippen LogP contribution in [0, 0.1) is 0 Å². The van der Waals surface area contributed by atoms with Gasteiger partial charge in [0.15, 0.2) is 5.60 Å². The number of hydrogen-bond acceptors (Lipinski definition) is 2. The van der Waals surface area contributed by atoms with Crippen LogP contribution in [-0.2, 0) is 11.2 Å². The molecule has 0 aromatic heterocycles. The van der Waals surface area contributed by atoms with E-state index in [-0.39, 0.29) is 6.42 Å². The van der Waals surface area contributed by atoms with Gasteiger partial charge in [0.25, 0.3) is 0 Å². The van der Waals surface area contributed by atoms with Gasteiger partial charge in [0.1, 0.15) is 0 Å². The average Bonchev–Trinajstić information content (AvgIpc) is 2.77. The van der Waals surface area contributed by atoms with Crippen molar-refractivity contribution >= 4 is 17.1 Å². The van der Waals surface area contributed by atoms with E-state index < -0.39 is 11.6 Å². The van der Waals surface area contributed by atoms with Gasteiger partial charge in [-0.3, -0.25) is 0 Å². The van der Waals surface area contributed by atoms with Crippen LogP contribution in [0.25, 0.3) is 11.1 Å². The fraction of sp³-hybridized carbons (Fsp3) is 0.370. The number of carboxylic acids is 1. The van der Waals surface area contributed by atoms with Gasteiger partial charge in [0.05, 0.1) is 0 Å². The highest BCUT2D eigenvalue weighted by atomic mass is 16.4. The SMILES string of the molecule is CCCCCCCCc1ccc(C2=C(c3ccccc3)C=CC(O)(C(=O)O)C2)cc1. The predicted molar refractivity (Wildman–Crippen MR) is 123 cm³/mol. The van der Waals surface area contributed by atoms with Gasteiger partial charge in [0, 0.05) is 6.42 Å². The molecule has 1 aliphatic carbocycles. The van der Waals surface area contributed by atoms with Crippen molar-refractivity contribution < 1.29 is 15.0 Å². The normalized spacial score (nSPS) is 18.6. The van der Waals surface area contributed by atoms with Crippen LogP contribution in [0.4, 0.5) is 0 Å². The molecule has 0 spiro atoms. The van der Waals surface area contributed by atoms with Gasteiger partial charge in [-0.25, -0.2) is 4.79 Å². The first-order valence-electron chi connectivity index (χ1n) is 11.1. The lowest BCUT2D eigenvalue weighted by molar-refractivity contribution is -0.152. The number of unbranched alkanes of at least 4 members (excludes halogenated alkanes) is 5. The molecule has 158 valence electrons. The third kappa shape index (κ3) is 5.48. The van der Waals surface area contributed by atoms with Crippen LogP contribution in [-0.4, -0.2) is 21.8 Å². The second-order valence-corrected chi connectivity index (χ2v) is 8.21. The summed E-state index contributed by atoms with van der Waals surface area (Å²) in [5, 5.41) is 20.1. The number of aliphatic carboxylic acids is 1. The highest BCUT2D eigenvalue weighted by Gasteiger charge is 2.37. The van der Waals surface area contributed by atoms with Crippen LogP contribution in [0.15, 0.2) is 66.7 Å². The van der Waals surface area contributed by atoms with E-state index in [9.17, 15) is 15.0 Å². The lowest BCUT2D eigenvalue weighted by Crippen LogP contribution is -2.37. The minimum Gasteiger partial charge on any atom is -0.479 e. The Morgan fingerprint density at radius 3 is 2.23 bits per heavy atom.